The van der Waals surface area contributed by atoms with Crippen molar-refractivity contribution in [2.45, 2.75) is 38.1 Å². The molecule has 5 nitrogen and oxygen atoms in total. The zero-order valence-corrected chi connectivity index (χ0v) is 15.0. The number of halogens is 2. The Kier molecular flexibility index (Phi) is 6.49. The van der Waals surface area contributed by atoms with Crippen LogP contribution >= 0.6 is 24.0 Å². The number of amides is 2. The molecule has 2 aliphatic rings. The van der Waals surface area contributed by atoms with E-state index in [4.69, 9.17) is 17.3 Å². The van der Waals surface area contributed by atoms with Crippen molar-refractivity contribution in [3.63, 3.8) is 0 Å². The maximum Gasteiger partial charge on any atom is 0.253 e. The van der Waals surface area contributed by atoms with Crippen LogP contribution < -0.4 is 16.4 Å². The molecule has 0 saturated heterocycles. The fraction of sp³-hybridized carbons (Fsp3) is 0.529. The van der Waals surface area contributed by atoms with Crippen molar-refractivity contribution in [3.8, 4) is 0 Å². The van der Waals surface area contributed by atoms with Crippen LogP contribution in [0.2, 0.25) is 5.02 Å². The lowest BCUT2D eigenvalue weighted by Crippen LogP contribution is -2.28. The number of hydrogen-bond donors (Lipinski definition) is 3. The average Bonchev–Trinajstić information content (AvgIpc) is 3.26. The molecule has 3 rings (SSSR count). The van der Waals surface area contributed by atoms with Crippen LogP contribution in [0.25, 0.3) is 0 Å². The fourth-order valence-electron chi connectivity index (χ4n) is 2.96. The van der Waals surface area contributed by atoms with Gasteiger partial charge in [-0.2, -0.15) is 0 Å². The molecule has 132 valence electrons. The van der Waals surface area contributed by atoms with Crippen LogP contribution in [0.3, 0.4) is 0 Å². The van der Waals surface area contributed by atoms with Crippen molar-refractivity contribution < 1.29 is 9.59 Å². The van der Waals surface area contributed by atoms with Crippen LogP contribution in [0.4, 0.5) is 5.69 Å². The van der Waals surface area contributed by atoms with Crippen LogP contribution in [-0.2, 0) is 4.79 Å². The average molecular weight is 372 g/mol. The molecule has 2 aliphatic carbocycles. The maximum absolute atomic E-state index is 12.4. The van der Waals surface area contributed by atoms with E-state index in [1.165, 1.54) is 12.8 Å². The van der Waals surface area contributed by atoms with Gasteiger partial charge in [0.2, 0.25) is 5.91 Å². The third-order valence-electron chi connectivity index (χ3n) is 4.58. The van der Waals surface area contributed by atoms with Gasteiger partial charge in [0, 0.05) is 23.5 Å². The van der Waals surface area contributed by atoms with Crippen molar-refractivity contribution in [3.05, 3.63) is 28.8 Å². The Hall–Kier alpha value is -1.30. The molecular formula is C17H23Cl2N3O2. The zero-order chi connectivity index (χ0) is 16.4. The molecule has 0 heterocycles. The van der Waals surface area contributed by atoms with Crippen LogP contribution in [0.5, 0.6) is 0 Å². The van der Waals surface area contributed by atoms with Gasteiger partial charge in [0.15, 0.2) is 0 Å². The number of anilines is 1. The zero-order valence-electron chi connectivity index (χ0n) is 13.4. The minimum atomic E-state index is -0.196. The first-order valence-electron chi connectivity index (χ1n) is 8.17. The first-order valence-corrected chi connectivity index (χ1v) is 8.55. The SMILES string of the molecule is Cl.NC1CCC(C(=O)Nc2ccc(Cl)cc2C(=O)NCC2CC2)C1. The highest BCUT2D eigenvalue weighted by Crippen LogP contribution is 2.29. The van der Waals surface area contributed by atoms with Crippen molar-refractivity contribution in [2.24, 2.45) is 17.6 Å². The quantitative estimate of drug-likeness (QED) is 0.743. The van der Waals surface area contributed by atoms with Gasteiger partial charge in [-0.1, -0.05) is 11.6 Å². The van der Waals surface area contributed by atoms with Gasteiger partial charge in [0.05, 0.1) is 11.3 Å². The van der Waals surface area contributed by atoms with E-state index in [0.717, 1.165) is 12.8 Å². The Labute approximate surface area is 153 Å². The summed E-state index contributed by atoms with van der Waals surface area (Å²) in [6, 6.07) is 5.05. The van der Waals surface area contributed by atoms with Crippen LogP contribution in [0.15, 0.2) is 18.2 Å². The summed E-state index contributed by atoms with van der Waals surface area (Å²) >= 11 is 6.01. The summed E-state index contributed by atoms with van der Waals surface area (Å²) in [5.41, 5.74) is 6.78. The Bertz CT molecular complexity index is 620. The Morgan fingerprint density at radius 1 is 1.21 bits per heavy atom. The molecule has 0 spiro atoms. The van der Waals surface area contributed by atoms with Crippen molar-refractivity contribution in [1.29, 1.82) is 0 Å². The largest absolute Gasteiger partial charge is 0.352 e. The first-order chi connectivity index (χ1) is 11.0. The summed E-state index contributed by atoms with van der Waals surface area (Å²) in [7, 11) is 0. The molecular weight excluding hydrogens is 349 g/mol. The van der Waals surface area contributed by atoms with E-state index >= 15 is 0 Å². The highest BCUT2D eigenvalue weighted by molar-refractivity contribution is 6.31. The topological polar surface area (TPSA) is 84.2 Å². The molecule has 2 atom stereocenters. The van der Waals surface area contributed by atoms with E-state index in [0.29, 0.717) is 35.2 Å². The number of nitrogens with two attached hydrogens (primary N) is 1. The molecule has 0 aromatic heterocycles. The van der Waals surface area contributed by atoms with Crippen molar-refractivity contribution in [1.82, 2.24) is 5.32 Å². The third kappa shape index (κ3) is 4.85. The van der Waals surface area contributed by atoms with E-state index in [1.54, 1.807) is 18.2 Å². The lowest BCUT2D eigenvalue weighted by atomic mass is 10.1. The predicted octanol–water partition coefficient (Wildman–Crippen LogP) is 2.97. The summed E-state index contributed by atoms with van der Waals surface area (Å²) in [5.74, 6) is 0.244. The molecule has 2 fully saturated rings. The number of carbonyl (C=O) groups excluding carboxylic acids is 2. The molecule has 1 aromatic carbocycles. The van der Waals surface area contributed by atoms with E-state index in [2.05, 4.69) is 10.6 Å². The molecule has 24 heavy (non-hydrogen) atoms. The Morgan fingerprint density at radius 3 is 2.58 bits per heavy atom. The highest BCUT2D eigenvalue weighted by atomic mass is 35.5. The van der Waals surface area contributed by atoms with Gasteiger partial charge in [-0.15, -0.1) is 12.4 Å². The normalized spacial score (nSPS) is 22.6. The number of benzene rings is 1. The molecule has 1 aromatic rings. The van der Waals surface area contributed by atoms with Gasteiger partial charge < -0.3 is 16.4 Å². The smallest absolute Gasteiger partial charge is 0.253 e. The monoisotopic (exact) mass is 371 g/mol. The first kappa shape index (κ1) is 19.0. The second-order valence-corrected chi connectivity index (χ2v) is 7.04. The Morgan fingerprint density at radius 2 is 1.96 bits per heavy atom. The summed E-state index contributed by atoms with van der Waals surface area (Å²) in [4.78, 5) is 24.7. The molecule has 0 radical (unpaired) electrons. The van der Waals surface area contributed by atoms with Gasteiger partial charge >= 0.3 is 0 Å². The van der Waals surface area contributed by atoms with Gasteiger partial charge in [0.25, 0.3) is 5.91 Å². The molecule has 2 amide bonds. The highest BCUT2D eigenvalue weighted by Gasteiger charge is 2.28. The second-order valence-electron chi connectivity index (χ2n) is 6.60. The van der Waals surface area contributed by atoms with Crippen molar-refractivity contribution >= 4 is 41.5 Å². The molecule has 2 saturated carbocycles. The van der Waals surface area contributed by atoms with E-state index in [9.17, 15) is 9.59 Å². The second kappa shape index (κ2) is 8.19. The third-order valence-corrected chi connectivity index (χ3v) is 4.81. The van der Waals surface area contributed by atoms with Gasteiger partial charge in [-0.25, -0.2) is 0 Å². The molecule has 2 unspecified atom stereocenters. The maximum atomic E-state index is 12.4. The summed E-state index contributed by atoms with van der Waals surface area (Å²) in [5, 5.41) is 6.25. The van der Waals surface area contributed by atoms with Crippen LogP contribution in [0.1, 0.15) is 42.5 Å². The minimum absolute atomic E-state index is 0. The van der Waals surface area contributed by atoms with Crippen molar-refractivity contribution in [2.75, 3.05) is 11.9 Å². The number of hydrogen-bond acceptors (Lipinski definition) is 3. The molecule has 7 heteroatoms. The van der Waals surface area contributed by atoms with Gasteiger partial charge in [-0.05, 0) is 56.2 Å². The van der Waals surface area contributed by atoms with Gasteiger partial charge in [-0.3, -0.25) is 9.59 Å². The predicted molar refractivity (Wildman–Crippen MR) is 97.7 cm³/mol. The number of rotatable bonds is 5. The van der Waals surface area contributed by atoms with E-state index in [-0.39, 0.29) is 36.2 Å². The minimum Gasteiger partial charge on any atom is -0.352 e. The summed E-state index contributed by atoms with van der Waals surface area (Å²) in [6.45, 7) is 0.677. The summed E-state index contributed by atoms with van der Waals surface area (Å²) < 4.78 is 0. The number of nitrogens with one attached hydrogen (secondary N) is 2. The molecule has 0 aliphatic heterocycles. The van der Waals surface area contributed by atoms with E-state index in [1.807, 2.05) is 0 Å². The van der Waals surface area contributed by atoms with Crippen LogP contribution in [0, 0.1) is 11.8 Å². The lowest BCUT2D eigenvalue weighted by Gasteiger charge is -2.14. The lowest BCUT2D eigenvalue weighted by molar-refractivity contribution is -0.119. The molecule has 4 N–H and O–H groups in total. The molecule has 0 bridgehead atoms. The van der Waals surface area contributed by atoms with Gasteiger partial charge in [0.1, 0.15) is 0 Å². The Balaban J connectivity index is 0.00000208. The van der Waals surface area contributed by atoms with Crippen LogP contribution in [-0.4, -0.2) is 24.4 Å². The van der Waals surface area contributed by atoms with E-state index < -0.39 is 0 Å². The summed E-state index contributed by atoms with van der Waals surface area (Å²) in [6.07, 6.45) is 4.70. The standard InChI is InChI=1S/C17H22ClN3O2.ClH/c18-12-4-6-15(21-16(22)11-3-5-13(19)7-11)14(8-12)17(23)20-9-10-1-2-10;/h4,6,8,10-11,13H,1-3,5,7,9,19H2,(H,20,23)(H,21,22);1H. The number of carbonyl (C=O) groups is 2. The fourth-order valence-corrected chi connectivity index (χ4v) is 3.13.